The van der Waals surface area contributed by atoms with E-state index in [1.54, 1.807) is 0 Å². The van der Waals surface area contributed by atoms with Gasteiger partial charge < -0.3 is 15.1 Å². The van der Waals surface area contributed by atoms with Crippen LogP contribution in [0.25, 0.3) is 0 Å². The Morgan fingerprint density at radius 1 is 0.955 bits per heavy atom. The van der Waals surface area contributed by atoms with Crippen molar-refractivity contribution < 1.29 is 4.79 Å². The molecule has 6 heteroatoms. The van der Waals surface area contributed by atoms with Crippen molar-refractivity contribution >= 4 is 23.4 Å². The summed E-state index contributed by atoms with van der Waals surface area (Å²) in [6, 6.07) is 10.00. The van der Waals surface area contributed by atoms with Gasteiger partial charge >= 0.3 is 0 Å². The standard InChI is InChI=1S/C16H17N5O/c22-15-11-12-4-5-14(18-16(12)19-15)21-9-7-20(8-10-21)13-3-1-2-6-17-13/h1-6H,7-11H2,(H,18,19,22). The summed E-state index contributed by atoms with van der Waals surface area (Å²) in [5.41, 5.74) is 0.987. The van der Waals surface area contributed by atoms with Crippen LogP contribution in [0, 0.1) is 0 Å². The molecule has 0 aromatic carbocycles. The fourth-order valence-corrected chi connectivity index (χ4v) is 2.96. The Labute approximate surface area is 128 Å². The third-order valence-electron chi connectivity index (χ3n) is 4.15. The van der Waals surface area contributed by atoms with Crippen molar-refractivity contribution in [3.63, 3.8) is 0 Å². The molecule has 6 nitrogen and oxygen atoms in total. The molecule has 1 amide bonds. The van der Waals surface area contributed by atoms with Crippen LogP contribution < -0.4 is 15.1 Å². The Hall–Kier alpha value is -2.63. The van der Waals surface area contributed by atoms with E-state index in [1.165, 1.54) is 0 Å². The van der Waals surface area contributed by atoms with Gasteiger partial charge in [0.05, 0.1) is 6.42 Å². The van der Waals surface area contributed by atoms with Gasteiger partial charge in [0.15, 0.2) is 0 Å². The maximum atomic E-state index is 11.4. The number of nitrogens with zero attached hydrogens (tertiary/aromatic N) is 4. The maximum Gasteiger partial charge on any atom is 0.230 e. The molecule has 2 aromatic heterocycles. The Morgan fingerprint density at radius 3 is 2.45 bits per heavy atom. The molecule has 2 aliphatic rings. The first kappa shape index (κ1) is 13.1. The summed E-state index contributed by atoms with van der Waals surface area (Å²) in [6.45, 7) is 3.64. The molecule has 0 saturated carbocycles. The smallest absolute Gasteiger partial charge is 0.230 e. The summed E-state index contributed by atoms with van der Waals surface area (Å²) in [5.74, 6) is 2.70. The van der Waals surface area contributed by atoms with E-state index in [9.17, 15) is 4.79 Å². The van der Waals surface area contributed by atoms with Crippen molar-refractivity contribution in [1.82, 2.24) is 9.97 Å². The monoisotopic (exact) mass is 295 g/mol. The van der Waals surface area contributed by atoms with Crippen LogP contribution in [0.5, 0.6) is 0 Å². The summed E-state index contributed by atoms with van der Waals surface area (Å²) in [7, 11) is 0. The van der Waals surface area contributed by atoms with Crippen LogP contribution in [0.2, 0.25) is 0 Å². The molecule has 4 heterocycles. The number of carbonyl (C=O) groups excluding carboxylic acids is 1. The van der Waals surface area contributed by atoms with Crippen molar-refractivity contribution in [2.24, 2.45) is 0 Å². The number of piperazine rings is 1. The average Bonchev–Trinajstić information content (AvgIpc) is 2.95. The number of rotatable bonds is 2. The first-order valence-electron chi connectivity index (χ1n) is 7.50. The van der Waals surface area contributed by atoms with Crippen LogP contribution in [0.1, 0.15) is 5.56 Å². The second-order valence-electron chi connectivity index (χ2n) is 5.56. The summed E-state index contributed by atoms with van der Waals surface area (Å²) < 4.78 is 0. The molecule has 0 spiro atoms. The molecule has 0 radical (unpaired) electrons. The van der Waals surface area contributed by atoms with Gasteiger partial charge in [-0.1, -0.05) is 12.1 Å². The molecule has 4 rings (SSSR count). The average molecular weight is 295 g/mol. The lowest BCUT2D eigenvalue weighted by Gasteiger charge is -2.36. The van der Waals surface area contributed by atoms with Crippen molar-refractivity contribution in [1.29, 1.82) is 0 Å². The van der Waals surface area contributed by atoms with E-state index < -0.39 is 0 Å². The van der Waals surface area contributed by atoms with Crippen molar-refractivity contribution in [3.05, 3.63) is 42.1 Å². The van der Waals surface area contributed by atoms with Gasteiger partial charge in [0.1, 0.15) is 17.5 Å². The van der Waals surface area contributed by atoms with E-state index in [0.29, 0.717) is 6.42 Å². The molecule has 1 fully saturated rings. The van der Waals surface area contributed by atoms with Crippen LogP contribution >= 0.6 is 0 Å². The van der Waals surface area contributed by atoms with Crippen molar-refractivity contribution in [2.45, 2.75) is 6.42 Å². The summed E-state index contributed by atoms with van der Waals surface area (Å²) in [6.07, 6.45) is 2.27. The summed E-state index contributed by atoms with van der Waals surface area (Å²) in [4.78, 5) is 24.9. The molecule has 22 heavy (non-hydrogen) atoms. The first-order valence-corrected chi connectivity index (χ1v) is 7.50. The highest BCUT2D eigenvalue weighted by molar-refractivity contribution is 5.98. The van der Waals surface area contributed by atoms with E-state index >= 15 is 0 Å². The molecule has 2 aromatic rings. The molecule has 112 valence electrons. The molecule has 0 aliphatic carbocycles. The number of aromatic nitrogens is 2. The maximum absolute atomic E-state index is 11.4. The van der Waals surface area contributed by atoms with E-state index in [-0.39, 0.29) is 5.91 Å². The number of fused-ring (bicyclic) bond motifs is 1. The normalized spacial score (nSPS) is 17.4. The fourth-order valence-electron chi connectivity index (χ4n) is 2.96. The predicted octanol–water partition coefficient (Wildman–Crippen LogP) is 1.30. The number of hydrogen-bond acceptors (Lipinski definition) is 5. The van der Waals surface area contributed by atoms with E-state index in [2.05, 4.69) is 25.1 Å². The molecule has 0 unspecified atom stereocenters. The zero-order valence-corrected chi connectivity index (χ0v) is 12.2. The second kappa shape index (κ2) is 5.29. The van der Waals surface area contributed by atoms with Gasteiger partial charge in [0.25, 0.3) is 0 Å². The zero-order chi connectivity index (χ0) is 14.9. The minimum Gasteiger partial charge on any atom is -0.353 e. The van der Waals surface area contributed by atoms with Crippen LogP contribution in [-0.2, 0) is 11.2 Å². The fraction of sp³-hybridized carbons (Fsp3) is 0.312. The highest BCUT2D eigenvalue weighted by Crippen LogP contribution is 2.25. The minimum atomic E-state index is 0.0274. The van der Waals surface area contributed by atoms with Gasteiger partial charge in [0.2, 0.25) is 5.91 Å². The number of anilines is 3. The second-order valence-corrected chi connectivity index (χ2v) is 5.56. The van der Waals surface area contributed by atoms with E-state index in [4.69, 9.17) is 0 Å². The highest BCUT2D eigenvalue weighted by atomic mass is 16.1. The lowest BCUT2D eigenvalue weighted by Crippen LogP contribution is -2.47. The third kappa shape index (κ3) is 2.36. The van der Waals surface area contributed by atoms with Crippen molar-refractivity contribution in [3.8, 4) is 0 Å². The van der Waals surface area contributed by atoms with Crippen molar-refractivity contribution in [2.75, 3.05) is 41.3 Å². The number of carbonyl (C=O) groups is 1. The molecule has 0 atom stereocenters. The van der Waals surface area contributed by atoms with E-state index in [1.807, 2.05) is 36.5 Å². The first-order chi connectivity index (χ1) is 10.8. The third-order valence-corrected chi connectivity index (χ3v) is 4.15. The lowest BCUT2D eigenvalue weighted by molar-refractivity contribution is -0.115. The minimum absolute atomic E-state index is 0.0274. The zero-order valence-electron chi connectivity index (χ0n) is 12.2. The van der Waals surface area contributed by atoms with Gasteiger partial charge in [-0.3, -0.25) is 4.79 Å². The SMILES string of the molecule is O=C1Cc2ccc(N3CCN(c4ccccn4)CC3)nc2N1. The molecule has 1 saturated heterocycles. The van der Waals surface area contributed by atoms with Crippen LogP contribution in [-0.4, -0.2) is 42.1 Å². The van der Waals surface area contributed by atoms with E-state index in [0.717, 1.165) is 49.2 Å². The summed E-state index contributed by atoms with van der Waals surface area (Å²) in [5, 5.41) is 2.81. The molecule has 2 aliphatic heterocycles. The van der Waals surface area contributed by atoms with Gasteiger partial charge in [0, 0.05) is 37.9 Å². The number of hydrogen-bond donors (Lipinski definition) is 1. The van der Waals surface area contributed by atoms with Gasteiger partial charge in [-0.25, -0.2) is 9.97 Å². The number of pyridine rings is 2. The Balaban J connectivity index is 1.46. The molecular weight excluding hydrogens is 278 g/mol. The lowest BCUT2D eigenvalue weighted by atomic mass is 10.2. The Morgan fingerprint density at radius 2 is 1.73 bits per heavy atom. The predicted molar refractivity (Wildman–Crippen MR) is 85.2 cm³/mol. The van der Waals surface area contributed by atoms with Gasteiger partial charge in [-0.05, 0) is 18.2 Å². The van der Waals surface area contributed by atoms with Crippen LogP contribution in [0.3, 0.4) is 0 Å². The quantitative estimate of drug-likeness (QED) is 0.905. The molecular formula is C16H17N5O. The number of amides is 1. The largest absolute Gasteiger partial charge is 0.353 e. The molecule has 0 bridgehead atoms. The van der Waals surface area contributed by atoms with Crippen LogP contribution in [0.4, 0.5) is 17.5 Å². The van der Waals surface area contributed by atoms with Gasteiger partial charge in [-0.2, -0.15) is 0 Å². The number of nitrogens with one attached hydrogen (secondary N) is 1. The van der Waals surface area contributed by atoms with Crippen LogP contribution in [0.15, 0.2) is 36.5 Å². The topological polar surface area (TPSA) is 61.4 Å². The Kier molecular flexibility index (Phi) is 3.14. The molecule has 1 N–H and O–H groups in total. The summed E-state index contributed by atoms with van der Waals surface area (Å²) >= 11 is 0. The highest BCUT2D eigenvalue weighted by Gasteiger charge is 2.23. The van der Waals surface area contributed by atoms with Gasteiger partial charge in [-0.15, -0.1) is 0 Å². The Bertz CT molecular complexity index is 695.